The van der Waals surface area contributed by atoms with Gasteiger partial charge in [0.25, 0.3) is 0 Å². The van der Waals surface area contributed by atoms with Gasteiger partial charge in [0.15, 0.2) is 0 Å². The Kier molecular flexibility index (Phi) is 2.56. The molecule has 0 saturated carbocycles. The summed E-state index contributed by atoms with van der Waals surface area (Å²) in [6.07, 6.45) is 0. The van der Waals surface area contributed by atoms with Crippen molar-refractivity contribution in [3.8, 4) is 0 Å². The van der Waals surface area contributed by atoms with Crippen LogP contribution in [0.2, 0.25) is 0 Å². The fraction of sp³-hybridized carbons (Fsp3) is 0.200. The predicted octanol–water partition coefficient (Wildman–Crippen LogP) is 2.55. The molecule has 1 heterocycles. The molecule has 0 aliphatic carbocycles. The summed E-state index contributed by atoms with van der Waals surface area (Å²) in [5.41, 5.74) is 2.22. The molecule has 0 fully saturated rings. The lowest BCUT2D eigenvalue weighted by atomic mass is 9.85. The summed E-state index contributed by atoms with van der Waals surface area (Å²) in [6.45, 7) is 3.92. The Morgan fingerprint density at radius 1 is 1.00 bits per heavy atom. The molecule has 0 radical (unpaired) electrons. The van der Waals surface area contributed by atoms with E-state index in [1.807, 2.05) is 50.2 Å². The minimum atomic E-state index is -3.42. The zero-order valence-corrected chi connectivity index (χ0v) is 11.7. The van der Waals surface area contributed by atoms with Crippen molar-refractivity contribution >= 4 is 10.0 Å². The summed E-state index contributed by atoms with van der Waals surface area (Å²) < 4.78 is 27.2. The normalized spacial score (nSPS) is 24.1. The maximum absolute atomic E-state index is 12.2. The van der Waals surface area contributed by atoms with E-state index in [2.05, 4.69) is 4.72 Å². The van der Waals surface area contributed by atoms with Crippen molar-refractivity contribution in [2.45, 2.75) is 24.3 Å². The zero-order chi connectivity index (χ0) is 13.7. The van der Waals surface area contributed by atoms with Gasteiger partial charge in [0.2, 0.25) is 10.0 Å². The minimum absolute atomic E-state index is 0.373. The van der Waals surface area contributed by atoms with Gasteiger partial charge in [-0.25, -0.2) is 8.42 Å². The molecule has 0 spiro atoms. The van der Waals surface area contributed by atoms with Gasteiger partial charge < -0.3 is 0 Å². The molecule has 2 aromatic rings. The molecule has 1 atom stereocenters. The van der Waals surface area contributed by atoms with Crippen molar-refractivity contribution in [3.63, 3.8) is 0 Å². The Balaban J connectivity index is 2.25. The van der Waals surface area contributed by atoms with Gasteiger partial charge >= 0.3 is 0 Å². The quantitative estimate of drug-likeness (QED) is 0.868. The van der Waals surface area contributed by atoms with Crippen LogP contribution in [0.5, 0.6) is 0 Å². The molecule has 1 aliphatic rings. The molecule has 3 nitrogen and oxygen atoms in total. The molecule has 1 aliphatic heterocycles. The Hall–Kier alpha value is -1.65. The Morgan fingerprint density at radius 3 is 2.32 bits per heavy atom. The molecule has 1 N–H and O–H groups in total. The Morgan fingerprint density at radius 2 is 1.63 bits per heavy atom. The van der Waals surface area contributed by atoms with Crippen molar-refractivity contribution < 1.29 is 8.42 Å². The predicted molar refractivity (Wildman–Crippen MR) is 74.4 cm³/mol. The van der Waals surface area contributed by atoms with E-state index < -0.39 is 15.6 Å². The van der Waals surface area contributed by atoms with Crippen LogP contribution < -0.4 is 4.72 Å². The van der Waals surface area contributed by atoms with E-state index in [9.17, 15) is 8.42 Å². The maximum Gasteiger partial charge on any atom is 0.242 e. The van der Waals surface area contributed by atoms with Gasteiger partial charge in [0.1, 0.15) is 0 Å². The first-order valence-corrected chi connectivity index (χ1v) is 7.62. The topological polar surface area (TPSA) is 46.2 Å². The summed E-state index contributed by atoms with van der Waals surface area (Å²) in [6, 6.07) is 15.1. The zero-order valence-electron chi connectivity index (χ0n) is 10.8. The lowest BCUT2D eigenvalue weighted by molar-refractivity contribution is 0.527. The van der Waals surface area contributed by atoms with Gasteiger partial charge in [-0.15, -0.1) is 0 Å². The van der Waals surface area contributed by atoms with Crippen LogP contribution in [0.3, 0.4) is 0 Å². The average Bonchev–Trinajstić information content (AvgIpc) is 2.59. The van der Waals surface area contributed by atoms with E-state index >= 15 is 0 Å². The number of aryl methyl sites for hydroxylation is 1. The monoisotopic (exact) mass is 273 g/mol. The molecule has 3 rings (SSSR count). The highest BCUT2D eigenvalue weighted by Crippen LogP contribution is 2.40. The van der Waals surface area contributed by atoms with Gasteiger partial charge in [-0.05, 0) is 31.0 Å². The van der Waals surface area contributed by atoms with Crippen LogP contribution in [-0.2, 0) is 15.6 Å². The molecule has 0 bridgehead atoms. The highest BCUT2D eigenvalue weighted by Gasteiger charge is 2.43. The summed E-state index contributed by atoms with van der Waals surface area (Å²) >= 11 is 0. The van der Waals surface area contributed by atoms with Crippen molar-refractivity contribution in [3.05, 3.63) is 65.2 Å². The molecule has 0 unspecified atom stereocenters. The minimum Gasteiger partial charge on any atom is -0.207 e. The van der Waals surface area contributed by atoms with Crippen LogP contribution in [0.25, 0.3) is 0 Å². The third-order valence-electron chi connectivity index (χ3n) is 3.68. The number of hydrogen-bond acceptors (Lipinski definition) is 2. The van der Waals surface area contributed by atoms with E-state index in [-0.39, 0.29) is 0 Å². The van der Waals surface area contributed by atoms with E-state index in [4.69, 9.17) is 0 Å². The molecule has 98 valence electrons. The van der Waals surface area contributed by atoms with Crippen molar-refractivity contribution in [2.24, 2.45) is 0 Å². The SMILES string of the molecule is Cc1ccc([C@@]2(C)NS(=O)(=O)c3ccccc32)cc1. The Bertz CT molecular complexity index is 735. The molecule has 19 heavy (non-hydrogen) atoms. The number of rotatable bonds is 1. The van der Waals surface area contributed by atoms with E-state index in [0.717, 1.165) is 16.7 Å². The van der Waals surface area contributed by atoms with Crippen LogP contribution in [0.15, 0.2) is 53.4 Å². The molecule has 4 heteroatoms. The third-order valence-corrected chi connectivity index (χ3v) is 5.29. The molecule has 0 aromatic heterocycles. The fourth-order valence-electron chi connectivity index (χ4n) is 2.59. The summed E-state index contributed by atoms with van der Waals surface area (Å²) in [7, 11) is -3.42. The first kappa shape index (κ1) is 12.4. The maximum atomic E-state index is 12.2. The van der Waals surface area contributed by atoms with Crippen LogP contribution in [0, 0.1) is 6.92 Å². The molecule has 2 aromatic carbocycles. The van der Waals surface area contributed by atoms with Crippen molar-refractivity contribution in [1.29, 1.82) is 0 Å². The lowest BCUT2D eigenvalue weighted by Gasteiger charge is -2.25. The summed E-state index contributed by atoms with van der Waals surface area (Å²) in [5, 5.41) is 0. The van der Waals surface area contributed by atoms with Gasteiger partial charge in [-0.1, -0.05) is 48.0 Å². The van der Waals surface area contributed by atoms with E-state index in [1.165, 1.54) is 0 Å². The van der Waals surface area contributed by atoms with Crippen LogP contribution in [0.1, 0.15) is 23.6 Å². The second-order valence-electron chi connectivity index (χ2n) is 5.09. The Labute approximate surface area is 113 Å². The lowest BCUT2D eigenvalue weighted by Crippen LogP contribution is -2.37. The van der Waals surface area contributed by atoms with E-state index in [0.29, 0.717) is 4.90 Å². The van der Waals surface area contributed by atoms with Crippen LogP contribution in [0.4, 0.5) is 0 Å². The number of sulfonamides is 1. The number of nitrogens with one attached hydrogen (secondary N) is 1. The van der Waals surface area contributed by atoms with Crippen molar-refractivity contribution in [1.82, 2.24) is 4.72 Å². The molecule has 0 amide bonds. The number of benzene rings is 2. The molecular weight excluding hydrogens is 258 g/mol. The number of hydrogen-bond donors (Lipinski definition) is 1. The van der Waals surface area contributed by atoms with Gasteiger partial charge in [0.05, 0.1) is 10.4 Å². The van der Waals surface area contributed by atoms with E-state index in [1.54, 1.807) is 12.1 Å². The summed E-state index contributed by atoms with van der Waals surface area (Å²) in [4.78, 5) is 0.373. The fourth-order valence-corrected chi connectivity index (χ4v) is 4.29. The number of fused-ring (bicyclic) bond motifs is 1. The smallest absolute Gasteiger partial charge is 0.207 e. The highest BCUT2D eigenvalue weighted by atomic mass is 32.2. The second kappa shape index (κ2) is 3.92. The van der Waals surface area contributed by atoms with Gasteiger partial charge in [-0.3, -0.25) is 0 Å². The molecular formula is C15H15NO2S. The first-order chi connectivity index (χ1) is 8.93. The van der Waals surface area contributed by atoms with Crippen LogP contribution in [-0.4, -0.2) is 8.42 Å². The van der Waals surface area contributed by atoms with Crippen molar-refractivity contribution in [2.75, 3.05) is 0 Å². The third kappa shape index (κ3) is 1.79. The van der Waals surface area contributed by atoms with Gasteiger partial charge in [-0.2, -0.15) is 4.72 Å². The van der Waals surface area contributed by atoms with Gasteiger partial charge in [0, 0.05) is 0 Å². The standard InChI is InChI=1S/C15H15NO2S/c1-11-7-9-12(10-8-11)15(2)13-5-3-4-6-14(13)19(17,18)16-15/h3-10,16H,1-2H3/t15-/m1/s1. The largest absolute Gasteiger partial charge is 0.242 e. The van der Waals surface area contributed by atoms with Crippen LogP contribution >= 0.6 is 0 Å². The second-order valence-corrected chi connectivity index (χ2v) is 6.74. The first-order valence-electron chi connectivity index (χ1n) is 6.14. The molecule has 0 saturated heterocycles. The summed E-state index contributed by atoms with van der Waals surface area (Å²) in [5.74, 6) is 0. The average molecular weight is 273 g/mol. The highest BCUT2D eigenvalue weighted by molar-refractivity contribution is 7.89.